The van der Waals surface area contributed by atoms with Gasteiger partial charge in [-0.2, -0.15) is 0 Å². The minimum Gasteiger partial charge on any atom is -0.0911 e. The summed E-state index contributed by atoms with van der Waals surface area (Å²) in [5.74, 6) is 6.41. The fourth-order valence-corrected chi connectivity index (χ4v) is 21.3. The van der Waals surface area contributed by atoms with Crippen molar-refractivity contribution in [2.75, 3.05) is 0 Å². The highest BCUT2D eigenvalue weighted by Gasteiger charge is 2.63. The van der Waals surface area contributed by atoms with Crippen LogP contribution in [0.4, 0.5) is 0 Å². The van der Waals surface area contributed by atoms with E-state index in [1.807, 2.05) is 5.30 Å². The molecule has 0 N–H and O–H groups in total. The van der Waals surface area contributed by atoms with Crippen molar-refractivity contribution >= 4 is 21.1 Å². The largest absolute Gasteiger partial charge is 0.0911 e. The summed E-state index contributed by atoms with van der Waals surface area (Å²) in [6.45, 7) is 15.2. The summed E-state index contributed by atoms with van der Waals surface area (Å²) in [6.07, 6.45) is 20.5. The van der Waals surface area contributed by atoms with Crippen LogP contribution < -0.4 is 5.30 Å². The maximum atomic E-state index is 2.72. The molecule has 0 nitrogen and oxygen atoms in total. The molecular weight excluding hydrogens is 482 g/mol. The molecule has 37 heavy (non-hydrogen) atoms. The third kappa shape index (κ3) is 4.45. The van der Waals surface area contributed by atoms with E-state index in [4.69, 9.17) is 0 Å². The van der Waals surface area contributed by atoms with Crippen LogP contribution in [0.3, 0.4) is 0 Å². The highest BCUT2D eigenvalue weighted by Crippen LogP contribution is 2.78. The van der Waals surface area contributed by atoms with E-state index in [2.05, 4.69) is 65.8 Å². The van der Waals surface area contributed by atoms with Crippen molar-refractivity contribution in [2.24, 2.45) is 35.5 Å². The van der Waals surface area contributed by atoms with Crippen LogP contribution in [0.1, 0.15) is 124 Å². The van der Waals surface area contributed by atoms with Crippen LogP contribution in [0.15, 0.2) is 24.3 Å². The number of hydrogen-bond acceptors (Lipinski definition) is 0. The summed E-state index contributed by atoms with van der Waals surface area (Å²) in [4.78, 5) is 0. The van der Waals surface area contributed by atoms with Crippen LogP contribution >= 0.6 is 15.8 Å². The summed E-state index contributed by atoms with van der Waals surface area (Å²) < 4.78 is 0. The van der Waals surface area contributed by atoms with Gasteiger partial charge >= 0.3 is 0 Å². The van der Waals surface area contributed by atoms with Crippen molar-refractivity contribution in [2.45, 2.75) is 145 Å². The smallest absolute Gasteiger partial charge is 0.00413 e. The van der Waals surface area contributed by atoms with Gasteiger partial charge in [0.05, 0.1) is 0 Å². The minimum absolute atomic E-state index is 0.116. The average molecular weight is 537 g/mol. The molecule has 0 spiro atoms. The summed E-state index contributed by atoms with van der Waals surface area (Å²) in [6, 6.07) is 10.2. The quantitative estimate of drug-likeness (QED) is 0.328. The zero-order chi connectivity index (χ0) is 25.8. The van der Waals surface area contributed by atoms with E-state index < -0.39 is 0 Å². The molecule has 8 bridgehead atoms. The maximum Gasteiger partial charge on any atom is -0.00413 e. The normalized spacial score (nSPS) is 43.1. The zero-order valence-electron chi connectivity index (χ0n) is 24.9. The van der Waals surface area contributed by atoms with Crippen LogP contribution in [0.5, 0.6) is 0 Å². The molecule has 1 aromatic rings. The highest BCUT2D eigenvalue weighted by atomic mass is 31.1. The molecule has 8 aliphatic rings. The van der Waals surface area contributed by atoms with Gasteiger partial charge in [-0.05, 0) is 150 Å². The summed E-state index contributed by atoms with van der Waals surface area (Å²) in [5, 5.41) is 4.08. The molecule has 204 valence electrons. The monoisotopic (exact) mass is 536 g/mol. The van der Waals surface area contributed by atoms with Gasteiger partial charge in [0, 0.05) is 0 Å². The van der Waals surface area contributed by atoms with Crippen molar-refractivity contribution in [1.82, 2.24) is 0 Å². The Morgan fingerprint density at radius 3 is 1.30 bits per heavy atom. The molecule has 8 saturated carbocycles. The van der Waals surface area contributed by atoms with E-state index in [1.54, 1.807) is 82.6 Å². The van der Waals surface area contributed by atoms with Crippen LogP contribution in [0, 0.1) is 35.5 Å². The number of rotatable bonds is 5. The highest BCUT2D eigenvalue weighted by molar-refractivity contribution is 7.69. The van der Waals surface area contributed by atoms with Crippen LogP contribution in [-0.4, -0.2) is 20.6 Å². The first-order chi connectivity index (χ1) is 17.4. The number of benzene rings is 1. The predicted molar refractivity (Wildman–Crippen MR) is 165 cm³/mol. The lowest BCUT2D eigenvalue weighted by Crippen LogP contribution is -2.58. The van der Waals surface area contributed by atoms with Crippen molar-refractivity contribution < 1.29 is 0 Å². The Balaban J connectivity index is 1.36. The maximum absolute atomic E-state index is 2.72. The van der Waals surface area contributed by atoms with Crippen molar-refractivity contribution in [3.8, 4) is 0 Å². The Bertz CT molecular complexity index is 894. The third-order valence-corrected chi connectivity index (χ3v) is 19.9. The van der Waals surface area contributed by atoms with Crippen molar-refractivity contribution in [3.63, 3.8) is 0 Å². The average Bonchev–Trinajstić information content (AvgIpc) is 2.74. The molecule has 0 unspecified atom stereocenters. The van der Waals surface area contributed by atoms with E-state index in [1.165, 1.54) is 6.16 Å². The molecule has 0 amide bonds. The van der Waals surface area contributed by atoms with Gasteiger partial charge in [-0.1, -0.05) is 81.7 Å². The first-order valence-corrected chi connectivity index (χ1v) is 19.0. The molecule has 0 atom stereocenters. The molecule has 0 aromatic heterocycles. The van der Waals surface area contributed by atoms with Gasteiger partial charge < -0.3 is 0 Å². The molecule has 9 rings (SSSR count). The van der Waals surface area contributed by atoms with Crippen LogP contribution in [-0.2, 0) is 6.16 Å². The lowest BCUT2D eigenvalue weighted by atomic mass is 9.55. The van der Waals surface area contributed by atoms with Gasteiger partial charge in [0.25, 0.3) is 0 Å². The molecule has 8 fully saturated rings. The van der Waals surface area contributed by atoms with Crippen LogP contribution in [0.25, 0.3) is 0 Å². The van der Waals surface area contributed by atoms with E-state index >= 15 is 0 Å². The first kappa shape index (κ1) is 26.0. The fraction of sp³-hybridized carbons (Fsp3) is 0.829. The lowest BCUT2D eigenvalue weighted by Gasteiger charge is -2.67. The second-order valence-corrected chi connectivity index (χ2v) is 24.1. The molecule has 2 heteroatoms. The third-order valence-electron chi connectivity index (χ3n) is 12.1. The Labute approximate surface area is 231 Å². The lowest BCUT2D eigenvalue weighted by molar-refractivity contribution is 0.0195. The van der Waals surface area contributed by atoms with Crippen molar-refractivity contribution in [1.29, 1.82) is 0 Å². The molecule has 0 radical (unpaired) electrons. The molecule has 0 heterocycles. The molecule has 1 aromatic carbocycles. The van der Waals surface area contributed by atoms with Gasteiger partial charge in [0.2, 0.25) is 0 Å². The Kier molecular flexibility index (Phi) is 6.18. The summed E-state index contributed by atoms with van der Waals surface area (Å²) in [5.41, 5.74) is 1.80. The zero-order valence-corrected chi connectivity index (χ0v) is 26.6. The summed E-state index contributed by atoms with van der Waals surface area (Å²) in [7, 11) is -0.233. The molecule has 8 aliphatic carbocycles. The summed E-state index contributed by atoms with van der Waals surface area (Å²) >= 11 is 0. The molecular formula is C35H54P2. The topological polar surface area (TPSA) is 0 Å². The second kappa shape index (κ2) is 8.79. The van der Waals surface area contributed by atoms with Gasteiger partial charge in [-0.3, -0.25) is 0 Å². The van der Waals surface area contributed by atoms with Crippen LogP contribution in [0.2, 0.25) is 0 Å². The van der Waals surface area contributed by atoms with Gasteiger partial charge in [0.1, 0.15) is 0 Å². The van der Waals surface area contributed by atoms with Crippen molar-refractivity contribution in [3.05, 3.63) is 29.8 Å². The molecule has 0 saturated heterocycles. The van der Waals surface area contributed by atoms with Gasteiger partial charge in [-0.25, -0.2) is 0 Å². The standard InChI is InChI=1S/C35H54P2/c1-32(2,3)36(33(4,5)6)23-30-9-7-8-10-31(30)37(34-17-24-11-25(18-34)13-26(12-24)19-34)35-20-27-14-28(21-35)16-29(15-27)22-35/h7-10,24-29H,11-23H2,1-6H3. The first-order valence-electron chi connectivity index (χ1n) is 16.1. The van der Waals surface area contributed by atoms with E-state index in [-0.39, 0.29) is 15.8 Å². The Hall–Kier alpha value is 0.0800. The SMILES string of the molecule is CC(C)(C)P(Cc1ccccc1P(C12CC3CC(CC(C3)C1)C2)C12CC3CC(CC(C3)C1)C2)C(C)(C)C. The number of hydrogen-bond donors (Lipinski definition) is 0. The minimum atomic E-state index is -0.117. The molecule has 0 aliphatic heterocycles. The fourth-order valence-electron chi connectivity index (χ4n) is 12.2. The van der Waals surface area contributed by atoms with E-state index in [0.29, 0.717) is 20.6 Å². The van der Waals surface area contributed by atoms with E-state index in [9.17, 15) is 0 Å². The predicted octanol–water partition coefficient (Wildman–Crippen LogP) is 10.3. The van der Waals surface area contributed by atoms with Gasteiger partial charge in [-0.15, -0.1) is 0 Å². The Morgan fingerprint density at radius 2 is 0.946 bits per heavy atom. The Morgan fingerprint density at radius 1 is 0.595 bits per heavy atom. The van der Waals surface area contributed by atoms with Gasteiger partial charge in [0.15, 0.2) is 0 Å². The van der Waals surface area contributed by atoms with E-state index in [0.717, 1.165) is 35.5 Å². The second-order valence-electron chi connectivity index (χ2n) is 17.2.